The predicted octanol–water partition coefficient (Wildman–Crippen LogP) is 12.4. The van der Waals surface area contributed by atoms with Gasteiger partial charge in [0.05, 0.1) is 26.4 Å². The zero-order chi connectivity index (χ0) is 42.8. The van der Waals surface area contributed by atoms with Crippen LogP contribution < -0.4 is 5.32 Å². The van der Waals surface area contributed by atoms with Gasteiger partial charge in [-0.1, -0.05) is 188 Å². The number of phosphoric ester groups is 1. The third-order valence-electron chi connectivity index (χ3n) is 9.93. The lowest BCUT2D eigenvalue weighted by molar-refractivity contribution is -0.148. The van der Waals surface area contributed by atoms with E-state index in [0.29, 0.717) is 32.3 Å². The van der Waals surface area contributed by atoms with E-state index >= 15 is 0 Å². The summed E-state index contributed by atoms with van der Waals surface area (Å²) in [6.45, 7) is 1.85. The van der Waals surface area contributed by atoms with Crippen molar-refractivity contribution in [2.45, 2.75) is 155 Å². The molecule has 0 fully saturated rings. The zero-order valence-corrected chi connectivity index (χ0v) is 36.8. The fraction of sp³-hybridized carbons (Fsp3) is 0.562. The maximum absolute atomic E-state index is 13.9. The number of carbonyl (C=O) groups excluding carboxylic acids is 3. The molecule has 1 unspecified atom stereocenters. The van der Waals surface area contributed by atoms with Crippen molar-refractivity contribution in [3.63, 3.8) is 0 Å². The van der Waals surface area contributed by atoms with E-state index < -0.39 is 32.5 Å². The van der Waals surface area contributed by atoms with Crippen molar-refractivity contribution in [2.75, 3.05) is 19.8 Å². The summed E-state index contributed by atoms with van der Waals surface area (Å²) >= 11 is 0. The van der Waals surface area contributed by atoms with E-state index in [2.05, 4.69) is 12.2 Å². The number of rotatable bonds is 35. The fourth-order valence-corrected chi connectivity index (χ4v) is 7.58. The fourth-order valence-electron chi connectivity index (χ4n) is 6.37. The van der Waals surface area contributed by atoms with Crippen LogP contribution in [-0.2, 0) is 61.8 Å². The van der Waals surface area contributed by atoms with Crippen LogP contribution in [0.1, 0.15) is 146 Å². The Bertz CT molecular complexity index is 1590. The summed E-state index contributed by atoms with van der Waals surface area (Å²) < 4.78 is 47.2. The van der Waals surface area contributed by atoms with Gasteiger partial charge in [0.25, 0.3) is 0 Å². The highest BCUT2D eigenvalue weighted by Crippen LogP contribution is 2.50. The summed E-state index contributed by atoms with van der Waals surface area (Å²) in [7, 11) is -4.25. The monoisotopic (exact) mass is 851 g/mol. The van der Waals surface area contributed by atoms with Crippen molar-refractivity contribution >= 4 is 25.9 Å². The molecular weight excluding hydrogens is 781 g/mol. The Hall–Kier alpha value is -4.02. The second-order valence-corrected chi connectivity index (χ2v) is 16.8. The number of ether oxygens (including phenoxy) is 3. The third-order valence-corrected chi connectivity index (χ3v) is 11.3. The number of hydrogen-bond acceptors (Lipinski definition) is 10. The molecule has 0 radical (unpaired) electrons. The van der Waals surface area contributed by atoms with Crippen LogP contribution in [0.4, 0.5) is 4.79 Å². The first-order valence-corrected chi connectivity index (χ1v) is 23.7. The Morgan fingerprint density at radius 2 is 0.950 bits per heavy atom. The standard InChI is InChI=1S/C48H70NO10P/c1-2-3-4-5-6-7-8-9-10-11-12-13-14-15-26-35-46(50)54-36-27-19-28-37-57-60(53,58-40-44-33-24-18-25-34-44)59-41-45(47(51)55-38-42-29-20-16-21-30-42)49-48(52)56-39-43-31-22-17-23-32-43/h16-18,20-25,29-34,45H,2-15,19,26-28,35-41H2,1H3,(H,49,52)/t45-,60?/m0/s1. The largest absolute Gasteiger partial charge is 0.475 e. The molecule has 0 aliphatic rings. The van der Waals surface area contributed by atoms with Crippen LogP contribution in [0.5, 0.6) is 0 Å². The van der Waals surface area contributed by atoms with Gasteiger partial charge < -0.3 is 19.5 Å². The van der Waals surface area contributed by atoms with Gasteiger partial charge in [-0.15, -0.1) is 0 Å². The molecule has 0 aliphatic heterocycles. The summed E-state index contributed by atoms with van der Waals surface area (Å²) in [5.74, 6) is -0.998. The summed E-state index contributed by atoms with van der Waals surface area (Å²) in [5, 5.41) is 2.47. The summed E-state index contributed by atoms with van der Waals surface area (Å²) in [6.07, 6.45) is 20.5. The normalized spacial score (nSPS) is 12.6. The minimum atomic E-state index is -4.25. The van der Waals surface area contributed by atoms with Crippen molar-refractivity contribution in [2.24, 2.45) is 0 Å². The third kappa shape index (κ3) is 24.9. The predicted molar refractivity (Wildman–Crippen MR) is 235 cm³/mol. The number of hydrogen-bond donors (Lipinski definition) is 1. The summed E-state index contributed by atoms with van der Waals surface area (Å²) in [6, 6.07) is 25.9. The van der Waals surface area contributed by atoms with Crippen molar-refractivity contribution < 1.29 is 46.7 Å². The molecule has 1 N–H and O–H groups in total. The van der Waals surface area contributed by atoms with E-state index in [0.717, 1.165) is 36.0 Å². The second-order valence-electron chi connectivity index (χ2n) is 15.2. The van der Waals surface area contributed by atoms with Crippen LogP contribution in [0.2, 0.25) is 0 Å². The molecule has 3 aromatic rings. The van der Waals surface area contributed by atoms with E-state index in [4.69, 9.17) is 27.8 Å². The molecule has 0 spiro atoms. The number of unbranched alkanes of at least 4 members (excludes halogenated alkanes) is 16. The van der Waals surface area contributed by atoms with Crippen LogP contribution in [0.15, 0.2) is 91.0 Å². The molecule has 60 heavy (non-hydrogen) atoms. The highest BCUT2D eigenvalue weighted by atomic mass is 31.2. The van der Waals surface area contributed by atoms with E-state index in [1.807, 2.05) is 54.6 Å². The average molecular weight is 852 g/mol. The minimum Gasteiger partial charge on any atom is -0.466 e. The number of carbonyl (C=O) groups is 3. The Kier molecular flexibility index (Phi) is 27.4. The molecule has 0 bridgehead atoms. The molecule has 2 atom stereocenters. The van der Waals surface area contributed by atoms with Gasteiger partial charge in [0.1, 0.15) is 13.2 Å². The second kappa shape index (κ2) is 32.7. The van der Waals surface area contributed by atoms with Crippen molar-refractivity contribution in [3.8, 4) is 0 Å². The van der Waals surface area contributed by atoms with Gasteiger partial charge in [-0.3, -0.25) is 18.4 Å². The number of esters is 2. The zero-order valence-electron chi connectivity index (χ0n) is 35.9. The average Bonchev–Trinajstić information content (AvgIpc) is 3.27. The Morgan fingerprint density at radius 3 is 1.48 bits per heavy atom. The maximum Gasteiger partial charge on any atom is 0.475 e. The Balaban J connectivity index is 1.36. The molecule has 332 valence electrons. The molecule has 0 heterocycles. The van der Waals surface area contributed by atoms with Gasteiger partial charge in [-0.25, -0.2) is 14.2 Å². The molecule has 0 saturated carbocycles. The number of nitrogens with one attached hydrogen (secondary N) is 1. The van der Waals surface area contributed by atoms with Crippen LogP contribution in [0.25, 0.3) is 0 Å². The quantitative estimate of drug-likeness (QED) is 0.0264. The molecule has 0 saturated heterocycles. The van der Waals surface area contributed by atoms with Crippen LogP contribution in [0.3, 0.4) is 0 Å². The molecule has 3 aromatic carbocycles. The van der Waals surface area contributed by atoms with Gasteiger partial charge in [0, 0.05) is 6.42 Å². The van der Waals surface area contributed by atoms with Crippen molar-refractivity contribution in [1.82, 2.24) is 5.32 Å². The van der Waals surface area contributed by atoms with E-state index in [1.54, 1.807) is 36.4 Å². The molecule has 3 rings (SSSR count). The first-order valence-electron chi connectivity index (χ1n) is 22.3. The first kappa shape index (κ1) is 50.3. The first-order chi connectivity index (χ1) is 29.4. The molecule has 0 aromatic heterocycles. The van der Waals surface area contributed by atoms with Gasteiger partial charge in [0.15, 0.2) is 6.04 Å². The molecule has 1 amide bonds. The van der Waals surface area contributed by atoms with Gasteiger partial charge >= 0.3 is 25.9 Å². The SMILES string of the molecule is CCCCCCCCCCCCCCCCCC(=O)OCCCCCOP(=O)(OCc1ccccc1)OC[C@H](NC(=O)OCc1ccccc1)C(=O)OCc1ccccc1. The minimum absolute atomic E-state index is 0.0226. The topological polar surface area (TPSA) is 136 Å². The highest BCUT2D eigenvalue weighted by Gasteiger charge is 2.32. The number of alkyl carbamates (subject to hydrolysis) is 1. The lowest BCUT2D eigenvalue weighted by atomic mass is 10.0. The van der Waals surface area contributed by atoms with E-state index in [-0.39, 0.29) is 32.4 Å². The smallest absolute Gasteiger partial charge is 0.466 e. The van der Waals surface area contributed by atoms with Gasteiger partial charge in [-0.2, -0.15) is 0 Å². The molecule has 0 aliphatic carbocycles. The van der Waals surface area contributed by atoms with Crippen LogP contribution >= 0.6 is 7.82 Å². The van der Waals surface area contributed by atoms with Crippen LogP contribution in [-0.4, -0.2) is 43.9 Å². The lowest BCUT2D eigenvalue weighted by Crippen LogP contribution is -2.45. The van der Waals surface area contributed by atoms with E-state index in [9.17, 15) is 18.9 Å². The lowest BCUT2D eigenvalue weighted by Gasteiger charge is -2.22. The Labute approximate surface area is 359 Å². The number of phosphoric acid groups is 1. The molecular formula is C48H70NO10P. The number of amides is 1. The maximum atomic E-state index is 13.9. The molecule has 12 heteroatoms. The summed E-state index contributed by atoms with van der Waals surface area (Å²) in [5.41, 5.74) is 2.23. The summed E-state index contributed by atoms with van der Waals surface area (Å²) in [4.78, 5) is 38.3. The highest BCUT2D eigenvalue weighted by molar-refractivity contribution is 7.48. The van der Waals surface area contributed by atoms with E-state index in [1.165, 1.54) is 77.0 Å². The Morgan fingerprint density at radius 1 is 0.500 bits per heavy atom. The number of benzene rings is 3. The van der Waals surface area contributed by atoms with Gasteiger partial charge in [-0.05, 0) is 42.4 Å². The van der Waals surface area contributed by atoms with Gasteiger partial charge in [0.2, 0.25) is 0 Å². The van der Waals surface area contributed by atoms with Crippen molar-refractivity contribution in [1.29, 1.82) is 0 Å². The van der Waals surface area contributed by atoms with Crippen molar-refractivity contribution in [3.05, 3.63) is 108 Å². The molecule has 11 nitrogen and oxygen atoms in total. The van der Waals surface area contributed by atoms with Crippen LogP contribution in [0, 0.1) is 0 Å².